The number of esters is 1. The van der Waals surface area contributed by atoms with Crippen molar-refractivity contribution in [3.05, 3.63) is 35.4 Å². The summed E-state index contributed by atoms with van der Waals surface area (Å²) in [5, 5.41) is 2.91. The summed E-state index contributed by atoms with van der Waals surface area (Å²) < 4.78 is 10.2. The van der Waals surface area contributed by atoms with E-state index in [0.717, 1.165) is 19.4 Å². The maximum atomic E-state index is 12.2. The molecule has 20 heavy (non-hydrogen) atoms. The van der Waals surface area contributed by atoms with Crippen LogP contribution in [0.25, 0.3) is 0 Å². The highest BCUT2D eigenvalue weighted by Gasteiger charge is 2.24. The molecule has 0 saturated carbocycles. The normalized spacial score (nSPS) is 19.4. The minimum atomic E-state index is -0.452. The van der Waals surface area contributed by atoms with E-state index in [9.17, 15) is 9.59 Å². The van der Waals surface area contributed by atoms with Gasteiger partial charge >= 0.3 is 5.97 Å². The summed E-state index contributed by atoms with van der Waals surface area (Å²) in [5.41, 5.74) is 0.808. The molecule has 0 radical (unpaired) electrons. The van der Waals surface area contributed by atoms with Crippen molar-refractivity contribution in [3.8, 4) is 0 Å². The Hall–Kier alpha value is -1.88. The summed E-state index contributed by atoms with van der Waals surface area (Å²) in [6, 6.07) is 6.43. The SMILES string of the molecule is COC(=O)c1cccc(C(=O)N[C@@H](C)[C@H]2CCCO2)c1. The molecular weight excluding hydrogens is 258 g/mol. The lowest BCUT2D eigenvalue weighted by Crippen LogP contribution is -2.40. The number of hydrogen-bond acceptors (Lipinski definition) is 4. The zero-order valence-corrected chi connectivity index (χ0v) is 11.7. The molecule has 5 heteroatoms. The van der Waals surface area contributed by atoms with Crippen molar-refractivity contribution in [1.29, 1.82) is 0 Å². The number of hydrogen-bond donors (Lipinski definition) is 1. The Balaban J connectivity index is 2.03. The molecule has 2 atom stereocenters. The molecule has 0 spiro atoms. The lowest BCUT2D eigenvalue weighted by molar-refractivity contribution is 0.0600. The van der Waals surface area contributed by atoms with Crippen LogP contribution in [0.3, 0.4) is 0 Å². The number of carbonyl (C=O) groups is 2. The van der Waals surface area contributed by atoms with Gasteiger partial charge in [-0.15, -0.1) is 0 Å². The number of nitrogens with one attached hydrogen (secondary N) is 1. The average molecular weight is 277 g/mol. The first-order valence-electron chi connectivity index (χ1n) is 6.72. The first-order chi connectivity index (χ1) is 9.61. The number of rotatable bonds is 4. The first kappa shape index (κ1) is 14.5. The lowest BCUT2D eigenvalue weighted by Gasteiger charge is -2.20. The quantitative estimate of drug-likeness (QED) is 0.852. The van der Waals surface area contributed by atoms with E-state index < -0.39 is 5.97 Å². The molecule has 1 saturated heterocycles. The molecular formula is C15H19NO4. The van der Waals surface area contributed by atoms with Gasteiger partial charge in [0.15, 0.2) is 0 Å². The molecule has 1 aliphatic rings. The Morgan fingerprint density at radius 3 is 2.80 bits per heavy atom. The number of methoxy groups -OCH3 is 1. The molecule has 2 rings (SSSR count). The van der Waals surface area contributed by atoms with Crippen LogP contribution in [0, 0.1) is 0 Å². The van der Waals surface area contributed by atoms with Gasteiger partial charge in [0.05, 0.1) is 24.8 Å². The molecule has 0 aromatic heterocycles. The Labute approximate surface area is 118 Å². The van der Waals surface area contributed by atoms with Crippen molar-refractivity contribution in [2.75, 3.05) is 13.7 Å². The van der Waals surface area contributed by atoms with Gasteiger partial charge in [-0.25, -0.2) is 4.79 Å². The van der Waals surface area contributed by atoms with Crippen molar-refractivity contribution in [1.82, 2.24) is 5.32 Å². The van der Waals surface area contributed by atoms with Crippen LogP contribution in [-0.4, -0.2) is 37.7 Å². The third-order valence-corrected chi connectivity index (χ3v) is 3.43. The fourth-order valence-electron chi connectivity index (χ4n) is 2.29. The second-order valence-corrected chi connectivity index (χ2v) is 4.89. The fourth-order valence-corrected chi connectivity index (χ4v) is 2.29. The van der Waals surface area contributed by atoms with Crippen molar-refractivity contribution in [3.63, 3.8) is 0 Å². The van der Waals surface area contributed by atoms with Gasteiger partial charge in [-0.1, -0.05) is 6.07 Å². The van der Waals surface area contributed by atoms with E-state index in [1.165, 1.54) is 13.2 Å². The third-order valence-electron chi connectivity index (χ3n) is 3.43. The Kier molecular flexibility index (Phi) is 4.74. The molecule has 1 aliphatic heterocycles. The number of carbonyl (C=O) groups excluding carboxylic acids is 2. The number of ether oxygens (including phenoxy) is 2. The minimum absolute atomic E-state index is 0.0493. The van der Waals surface area contributed by atoms with Crippen molar-refractivity contribution in [2.24, 2.45) is 0 Å². The van der Waals surface area contributed by atoms with Crippen LogP contribution in [0.15, 0.2) is 24.3 Å². The molecule has 1 aromatic carbocycles. The van der Waals surface area contributed by atoms with Crippen molar-refractivity contribution in [2.45, 2.75) is 31.9 Å². The van der Waals surface area contributed by atoms with Crippen LogP contribution in [0.4, 0.5) is 0 Å². The minimum Gasteiger partial charge on any atom is -0.465 e. The molecule has 0 unspecified atom stereocenters. The molecule has 108 valence electrons. The van der Waals surface area contributed by atoms with E-state index >= 15 is 0 Å². The van der Waals surface area contributed by atoms with E-state index in [-0.39, 0.29) is 18.1 Å². The largest absolute Gasteiger partial charge is 0.465 e. The van der Waals surface area contributed by atoms with Gasteiger partial charge < -0.3 is 14.8 Å². The van der Waals surface area contributed by atoms with E-state index in [1.54, 1.807) is 18.2 Å². The van der Waals surface area contributed by atoms with Gasteiger partial charge in [0.2, 0.25) is 0 Å². The topological polar surface area (TPSA) is 64.6 Å². The van der Waals surface area contributed by atoms with Crippen molar-refractivity contribution >= 4 is 11.9 Å². The van der Waals surface area contributed by atoms with Crippen LogP contribution in [0.5, 0.6) is 0 Å². The predicted octanol–water partition coefficient (Wildman–Crippen LogP) is 1.77. The lowest BCUT2D eigenvalue weighted by atomic mass is 10.1. The van der Waals surface area contributed by atoms with Crippen LogP contribution in [0.1, 0.15) is 40.5 Å². The highest BCUT2D eigenvalue weighted by atomic mass is 16.5. The summed E-state index contributed by atoms with van der Waals surface area (Å²) >= 11 is 0. The molecule has 1 fully saturated rings. The number of benzene rings is 1. The predicted molar refractivity (Wildman–Crippen MR) is 73.7 cm³/mol. The van der Waals surface area contributed by atoms with E-state index in [0.29, 0.717) is 11.1 Å². The summed E-state index contributed by atoms with van der Waals surface area (Å²) in [5.74, 6) is -0.662. The Bertz CT molecular complexity index is 494. The van der Waals surface area contributed by atoms with Crippen LogP contribution < -0.4 is 5.32 Å². The van der Waals surface area contributed by atoms with Crippen LogP contribution in [-0.2, 0) is 9.47 Å². The molecule has 0 aliphatic carbocycles. The summed E-state index contributed by atoms with van der Waals surface area (Å²) in [6.45, 7) is 2.68. The molecule has 1 amide bonds. The van der Waals surface area contributed by atoms with Gasteiger partial charge in [0.1, 0.15) is 0 Å². The Morgan fingerprint density at radius 2 is 2.15 bits per heavy atom. The fraction of sp³-hybridized carbons (Fsp3) is 0.467. The van der Waals surface area contributed by atoms with Gasteiger partial charge in [-0.3, -0.25) is 4.79 Å². The monoisotopic (exact) mass is 277 g/mol. The second-order valence-electron chi connectivity index (χ2n) is 4.89. The van der Waals surface area contributed by atoms with Crippen LogP contribution in [0.2, 0.25) is 0 Å². The molecule has 1 aromatic rings. The highest BCUT2D eigenvalue weighted by molar-refractivity contribution is 5.98. The zero-order valence-electron chi connectivity index (χ0n) is 11.7. The van der Waals surface area contributed by atoms with Gasteiger partial charge in [-0.05, 0) is 38.0 Å². The average Bonchev–Trinajstić information content (AvgIpc) is 3.00. The molecule has 5 nitrogen and oxygen atoms in total. The van der Waals surface area contributed by atoms with Gasteiger partial charge in [0.25, 0.3) is 5.91 Å². The first-order valence-corrected chi connectivity index (χ1v) is 6.72. The van der Waals surface area contributed by atoms with Gasteiger partial charge in [0, 0.05) is 12.2 Å². The Morgan fingerprint density at radius 1 is 1.40 bits per heavy atom. The molecule has 0 bridgehead atoms. The summed E-state index contributed by atoms with van der Waals surface area (Å²) in [6.07, 6.45) is 2.06. The standard InChI is InChI=1S/C15H19NO4/c1-10(13-7-4-8-20-13)16-14(17)11-5-3-6-12(9-11)15(18)19-2/h3,5-6,9-10,13H,4,7-8H2,1-2H3,(H,16,17)/t10-,13+/m0/s1. The third kappa shape index (κ3) is 3.36. The second kappa shape index (κ2) is 6.52. The maximum absolute atomic E-state index is 12.2. The molecule has 1 heterocycles. The van der Waals surface area contributed by atoms with E-state index in [4.69, 9.17) is 4.74 Å². The van der Waals surface area contributed by atoms with Crippen LogP contribution >= 0.6 is 0 Å². The van der Waals surface area contributed by atoms with E-state index in [2.05, 4.69) is 10.1 Å². The smallest absolute Gasteiger partial charge is 0.337 e. The summed E-state index contributed by atoms with van der Waals surface area (Å²) in [4.78, 5) is 23.6. The maximum Gasteiger partial charge on any atom is 0.337 e. The highest BCUT2D eigenvalue weighted by Crippen LogP contribution is 2.16. The molecule has 1 N–H and O–H groups in total. The van der Waals surface area contributed by atoms with E-state index in [1.807, 2.05) is 6.92 Å². The zero-order chi connectivity index (χ0) is 14.5. The summed E-state index contributed by atoms with van der Waals surface area (Å²) in [7, 11) is 1.31. The van der Waals surface area contributed by atoms with Gasteiger partial charge in [-0.2, -0.15) is 0 Å². The number of amides is 1. The van der Waals surface area contributed by atoms with Crippen molar-refractivity contribution < 1.29 is 19.1 Å².